The number of carbonyl (C=O) groups excluding carboxylic acids is 2. The van der Waals surface area contributed by atoms with E-state index in [9.17, 15) is 22.6 Å². The second kappa shape index (κ2) is 5.00. The molecule has 21 heavy (non-hydrogen) atoms. The van der Waals surface area contributed by atoms with Crippen LogP contribution in [0.15, 0.2) is 0 Å². The van der Waals surface area contributed by atoms with Gasteiger partial charge in [0, 0.05) is 17.4 Å². The van der Waals surface area contributed by atoms with Crippen molar-refractivity contribution < 1.29 is 22.6 Å². The summed E-state index contributed by atoms with van der Waals surface area (Å²) in [4.78, 5) is 24.4. The van der Waals surface area contributed by atoms with E-state index in [1.54, 1.807) is 0 Å². The molecule has 0 aromatic carbocycles. The molecule has 4 bridgehead atoms. The van der Waals surface area contributed by atoms with Gasteiger partial charge < -0.3 is 5.32 Å². The SMILES string of the molecule is O=C1C2CC3CC1CC(NC(=O)C(I)(I)S(=O)(=O)O)(C3)C2. The summed E-state index contributed by atoms with van der Waals surface area (Å²) < 4.78 is 30.0. The number of halogens is 2. The van der Waals surface area contributed by atoms with Gasteiger partial charge in [-0.15, -0.1) is 0 Å². The highest BCUT2D eigenvalue weighted by atomic mass is 127. The van der Waals surface area contributed by atoms with Gasteiger partial charge in [0.2, 0.25) is 0 Å². The minimum atomic E-state index is -4.50. The van der Waals surface area contributed by atoms with E-state index < -0.39 is 22.3 Å². The second-order valence-corrected chi connectivity index (χ2v) is 14.8. The molecule has 9 heteroatoms. The van der Waals surface area contributed by atoms with Gasteiger partial charge in [0.1, 0.15) is 5.78 Å². The van der Waals surface area contributed by atoms with Crippen LogP contribution in [0.25, 0.3) is 0 Å². The van der Waals surface area contributed by atoms with E-state index in [0.29, 0.717) is 24.5 Å². The Balaban J connectivity index is 1.83. The third kappa shape index (κ3) is 2.65. The Morgan fingerprint density at radius 1 is 1.24 bits per heavy atom. The van der Waals surface area contributed by atoms with E-state index in [-0.39, 0.29) is 11.8 Å². The monoisotopic (exact) mass is 539 g/mol. The topological polar surface area (TPSA) is 101 Å². The van der Waals surface area contributed by atoms with Crippen LogP contribution >= 0.6 is 45.2 Å². The van der Waals surface area contributed by atoms with E-state index in [1.807, 2.05) is 0 Å². The van der Waals surface area contributed by atoms with Crippen LogP contribution in [-0.2, 0) is 19.7 Å². The minimum absolute atomic E-state index is 0.0000983. The Kier molecular flexibility index (Phi) is 3.90. The van der Waals surface area contributed by atoms with Gasteiger partial charge in [-0.3, -0.25) is 14.1 Å². The first-order chi connectivity index (χ1) is 9.54. The minimum Gasteiger partial charge on any atom is -0.348 e. The molecular weight excluding hydrogens is 524 g/mol. The molecule has 4 aliphatic rings. The third-order valence-electron chi connectivity index (χ3n) is 4.96. The van der Waals surface area contributed by atoms with Crippen molar-refractivity contribution in [3.05, 3.63) is 0 Å². The molecule has 1 amide bonds. The molecule has 0 radical (unpaired) electrons. The smallest absolute Gasteiger partial charge is 0.298 e. The lowest BCUT2D eigenvalue weighted by Gasteiger charge is -2.56. The number of hydrogen-bond acceptors (Lipinski definition) is 4. The fourth-order valence-electron chi connectivity index (χ4n) is 4.33. The summed E-state index contributed by atoms with van der Waals surface area (Å²) in [6.45, 7) is 0. The number of ketones is 1. The summed E-state index contributed by atoms with van der Waals surface area (Å²) in [6.07, 6.45) is 3.78. The van der Waals surface area contributed by atoms with Crippen LogP contribution in [0.4, 0.5) is 0 Å². The third-order valence-corrected chi connectivity index (χ3v) is 10.1. The summed E-state index contributed by atoms with van der Waals surface area (Å²) in [5, 5.41) is 2.85. The fraction of sp³-hybridized carbons (Fsp3) is 0.833. The van der Waals surface area contributed by atoms with E-state index in [2.05, 4.69) is 5.32 Å². The van der Waals surface area contributed by atoms with Gasteiger partial charge in [-0.2, -0.15) is 8.42 Å². The maximum atomic E-state index is 12.3. The van der Waals surface area contributed by atoms with Crippen molar-refractivity contribution >= 4 is 67.0 Å². The van der Waals surface area contributed by atoms with Gasteiger partial charge in [-0.1, -0.05) is 0 Å². The molecule has 4 saturated carbocycles. The van der Waals surface area contributed by atoms with E-state index in [1.165, 1.54) is 45.2 Å². The molecule has 0 aromatic heterocycles. The first kappa shape index (κ1) is 16.4. The molecule has 2 N–H and O–H groups in total. The van der Waals surface area contributed by atoms with Crippen molar-refractivity contribution in [3.63, 3.8) is 0 Å². The fourth-order valence-corrected chi connectivity index (χ4v) is 4.89. The van der Waals surface area contributed by atoms with Crippen molar-refractivity contribution in [2.24, 2.45) is 17.8 Å². The maximum Gasteiger partial charge on any atom is 0.298 e. The molecule has 0 aliphatic heterocycles. The average molecular weight is 539 g/mol. The van der Waals surface area contributed by atoms with Crippen molar-refractivity contribution in [2.75, 3.05) is 0 Å². The number of amides is 1. The normalized spacial score (nSPS) is 38.6. The van der Waals surface area contributed by atoms with Crippen LogP contribution in [0.1, 0.15) is 32.1 Å². The highest BCUT2D eigenvalue weighted by Gasteiger charge is 2.57. The molecule has 2 atom stereocenters. The average Bonchev–Trinajstić information content (AvgIpc) is 2.32. The quantitative estimate of drug-likeness (QED) is 0.323. The molecule has 4 aliphatic carbocycles. The number of rotatable bonds is 3. The van der Waals surface area contributed by atoms with E-state index in [0.717, 1.165) is 19.3 Å². The van der Waals surface area contributed by atoms with E-state index in [4.69, 9.17) is 0 Å². The molecule has 4 rings (SSSR count). The second-order valence-electron chi connectivity index (χ2n) is 6.47. The Labute approximate surface area is 150 Å². The first-order valence-corrected chi connectivity index (χ1v) is 10.3. The molecule has 0 aromatic rings. The molecule has 0 spiro atoms. The number of nitrogens with one attached hydrogen (secondary N) is 1. The largest absolute Gasteiger partial charge is 0.348 e. The van der Waals surface area contributed by atoms with Gasteiger partial charge in [0.15, 0.2) is 0 Å². The Bertz CT molecular complexity index is 599. The van der Waals surface area contributed by atoms with Gasteiger partial charge >= 0.3 is 0 Å². The highest BCUT2D eigenvalue weighted by Crippen LogP contribution is 2.54. The number of hydrogen-bond donors (Lipinski definition) is 2. The number of alkyl halides is 2. The molecular formula is C12H15I2NO5S. The lowest BCUT2D eigenvalue weighted by Crippen LogP contribution is -2.64. The zero-order valence-corrected chi connectivity index (χ0v) is 16.1. The molecule has 118 valence electrons. The van der Waals surface area contributed by atoms with Crippen molar-refractivity contribution in [1.82, 2.24) is 5.32 Å². The summed E-state index contributed by atoms with van der Waals surface area (Å²) in [7, 11) is -4.50. The first-order valence-electron chi connectivity index (χ1n) is 6.75. The highest BCUT2D eigenvalue weighted by molar-refractivity contribution is 14.2. The lowest BCUT2D eigenvalue weighted by atomic mass is 9.52. The van der Waals surface area contributed by atoms with Crippen LogP contribution in [0.2, 0.25) is 0 Å². The van der Waals surface area contributed by atoms with Crippen molar-refractivity contribution in [2.45, 2.75) is 38.4 Å². The van der Waals surface area contributed by atoms with Crippen LogP contribution in [0.5, 0.6) is 0 Å². The van der Waals surface area contributed by atoms with Gasteiger partial charge in [-0.25, -0.2) is 0 Å². The molecule has 4 fully saturated rings. The van der Waals surface area contributed by atoms with Crippen LogP contribution in [-0.4, -0.2) is 31.0 Å². The summed E-state index contributed by atoms with van der Waals surface area (Å²) in [5.74, 6) is 0.0330. The lowest BCUT2D eigenvalue weighted by molar-refractivity contribution is -0.145. The summed E-state index contributed by atoms with van der Waals surface area (Å²) in [6, 6.07) is 0. The number of carbonyl (C=O) groups is 2. The van der Waals surface area contributed by atoms with Crippen LogP contribution in [0.3, 0.4) is 0 Å². The zero-order chi connectivity index (χ0) is 15.6. The van der Waals surface area contributed by atoms with Gasteiger partial charge in [-0.05, 0) is 83.2 Å². The predicted octanol–water partition coefficient (Wildman–Crippen LogP) is 1.66. The summed E-state index contributed by atoms with van der Waals surface area (Å²) >= 11 is 2.88. The van der Waals surface area contributed by atoms with Crippen LogP contribution in [0, 0.1) is 17.8 Å². The standard InChI is InChI=1S/C12H15I2NO5S/c13-12(14,21(18,19)20)10(17)15-11-3-6-1-7(4-11)9(16)8(2-6)5-11/h6-8H,1-5H2,(H,15,17)(H,18,19,20). The van der Waals surface area contributed by atoms with Crippen molar-refractivity contribution in [3.8, 4) is 0 Å². The summed E-state index contributed by atoms with van der Waals surface area (Å²) in [5.41, 5.74) is -0.478. The maximum absolute atomic E-state index is 12.3. The predicted molar refractivity (Wildman–Crippen MR) is 91.8 cm³/mol. The van der Waals surface area contributed by atoms with Gasteiger partial charge in [0.25, 0.3) is 16.8 Å². The molecule has 0 saturated heterocycles. The molecule has 0 heterocycles. The van der Waals surface area contributed by atoms with E-state index >= 15 is 0 Å². The molecule has 6 nitrogen and oxygen atoms in total. The molecule has 2 unspecified atom stereocenters. The van der Waals surface area contributed by atoms with Crippen molar-refractivity contribution in [1.29, 1.82) is 0 Å². The van der Waals surface area contributed by atoms with Crippen LogP contribution < -0.4 is 5.32 Å². The van der Waals surface area contributed by atoms with Gasteiger partial charge in [0.05, 0.1) is 0 Å². The Hall–Kier alpha value is 0.510. The zero-order valence-electron chi connectivity index (χ0n) is 11.0. The Morgan fingerprint density at radius 3 is 2.24 bits per heavy atom. The Morgan fingerprint density at radius 2 is 1.76 bits per heavy atom. The number of Topliss-reactive ketones (excluding diaryl/α,β-unsaturated/α-hetero) is 1.